The lowest BCUT2D eigenvalue weighted by atomic mass is 10.2. The monoisotopic (exact) mass is 424 g/mol. The van der Waals surface area contributed by atoms with Gasteiger partial charge in [0.25, 0.3) is 5.91 Å². The van der Waals surface area contributed by atoms with Gasteiger partial charge in [-0.3, -0.25) is 9.69 Å². The van der Waals surface area contributed by atoms with Crippen LogP contribution in [0.3, 0.4) is 0 Å². The normalized spacial score (nSPS) is 10.6. The zero-order valence-electron chi connectivity index (χ0n) is 16.8. The summed E-state index contributed by atoms with van der Waals surface area (Å²) in [4.78, 5) is 20.5. The standard InChI is InChI=1S/C23H24N2O2S2/c1-5-14-28-20-12-8-18(9-13-20)25(22(26)16(2)3)23-24-21(15-29-23)17-6-10-19(27-4)11-7-17/h6-13,15H,2,5,14H2,1,3-4H3. The minimum Gasteiger partial charge on any atom is -0.497 e. The zero-order chi connectivity index (χ0) is 20.8. The number of hydrogen-bond donors (Lipinski definition) is 0. The molecule has 1 aromatic heterocycles. The Hall–Kier alpha value is -2.57. The van der Waals surface area contributed by atoms with Gasteiger partial charge in [-0.05, 0) is 67.6 Å². The number of methoxy groups -OCH3 is 1. The summed E-state index contributed by atoms with van der Waals surface area (Å²) in [7, 11) is 1.64. The summed E-state index contributed by atoms with van der Waals surface area (Å²) in [5.74, 6) is 1.71. The van der Waals surface area contributed by atoms with Gasteiger partial charge < -0.3 is 4.74 Å². The number of benzene rings is 2. The van der Waals surface area contributed by atoms with Gasteiger partial charge in [-0.15, -0.1) is 23.1 Å². The summed E-state index contributed by atoms with van der Waals surface area (Å²) in [5, 5.41) is 2.58. The van der Waals surface area contributed by atoms with Crippen LogP contribution < -0.4 is 9.64 Å². The number of carbonyl (C=O) groups excluding carboxylic acids is 1. The molecule has 1 amide bonds. The van der Waals surface area contributed by atoms with Crippen LogP contribution in [0.1, 0.15) is 20.3 Å². The van der Waals surface area contributed by atoms with Crippen LogP contribution in [-0.4, -0.2) is 23.8 Å². The van der Waals surface area contributed by atoms with E-state index >= 15 is 0 Å². The number of nitrogens with zero attached hydrogens (tertiary/aromatic N) is 2. The van der Waals surface area contributed by atoms with Crippen molar-refractivity contribution in [3.8, 4) is 17.0 Å². The number of ether oxygens (including phenoxy) is 1. The smallest absolute Gasteiger partial charge is 0.259 e. The summed E-state index contributed by atoms with van der Waals surface area (Å²) < 4.78 is 5.22. The van der Waals surface area contributed by atoms with Gasteiger partial charge >= 0.3 is 0 Å². The first-order chi connectivity index (χ1) is 14.0. The Labute approximate surface area is 180 Å². The van der Waals surface area contributed by atoms with Gasteiger partial charge in [0.15, 0.2) is 5.13 Å². The molecule has 0 fully saturated rings. The lowest BCUT2D eigenvalue weighted by Gasteiger charge is -2.20. The number of rotatable bonds is 8. The van der Waals surface area contributed by atoms with Crippen LogP contribution in [0.5, 0.6) is 5.75 Å². The van der Waals surface area contributed by atoms with Crippen molar-refractivity contribution in [2.45, 2.75) is 25.2 Å². The van der Waals surface area contributed by atoms with E-state index in [9.17, 15) is 4.79 Å². The molecule has 6 heteroatoms. The maximum absolute atomic E-state index is 12.9. The van der Waals surface area contributed by atoms with Crippen LogP contribution in [0.2, 0.25) is 0 Å². The van der Waals surface area contributed by atoms with Crippen molar-refractivity contribution in [3.63, 3.8) is 0 Å². The van der Waals surface area contributed by atoms with Crippen LogP contribution in [0.15, 0.2) is 71.0 Å². The molecule has 2 aromatic carbocycles. The van der Waals surface area contributed by atoms with Crippen LogP contribution >= 0.6 is 23.1 Å². The van der Waals surface area contributed by atoms with Crippen molar-refractivity contribution in [3.05, 3.63) is 66.1 Å². The molecule has 3 rings (SSSR count). The van der Waals surface area contributed by atoms with E-state index in [4.69, 9.17) is 9.72 Å². The molecule has 150 valence electrons. The van der Waals surface area contributed by atoms with E-state index in [1.54, 1.807) is 18.9 Å². The maximum Gasteiger partial charge on any atom is 0.259 e. The Morgan fingerprint density at radius 2 is 1.86 bits per heavy atom. The molecule has 0 saturated heterocycles. The Balaban J connectivity index is 1.92. The van der Waals surface area contributed by atoms with E-state index in [2.05, 4.69) is 13.5 Å². The molecule has 0 aliphatic carbocycles. The molecular formula is C23H24N2O2S2. The molecule has 0 bridgehead atoms. The Bertz CT molecular complexity index is 979. The second kappa shape index (κ2) is 9.76. The molecule has 0 aliphatic rings. The second-order valence-corrected chi connectivity index (χ2v) is 8.51. The van der Waals surface area contributed by atoms with E-state index in [0.29, 0.717) is 10.7 Å². The number of thioether (sulfide) groups is 1. The average Bonchev–Trinajstić information content (AvgIpc) is 3.23. The number of anilines is 2. The molecular weight excluding hydrogens is 400 g/mol. The van der Waals surface area contributed by atoms with Gasteiger partial charge in [0, 0.05) is 21.4 Å². The highest BCUT2D eigenvalue weighted by atomic mass is 32.2. The molecule has 0 atom stereocenters. The van der Waals surface area contributed by atoms with Gasteiger partial charge in [0.2, 0.25) is 0 Å². The van der Waals surface area contributed by atoms with Crippen molar-refractivity contribution in [2.75, 3.05) is 17.8 Å². The highest BCUT2D eigenvalue weighted by Gasteiger charge is 2.22. The van der Waals surface area contributed by atoms with Crippen LogP contribution in [-0.2, 0) is 4.79 Å². The van der Waals surface area contributed by atoms with E-state index in [1.165, 1.54) is 16.2 Å². The van der Waals surface area contributed by atoms with Gasteiger partial charge in [-0.1, -0.05) is 13.5 Å². The van der Waals surface area contributed by atoms with E-state index in [-0.39, 0.29) is 5.91 Å². The summed E-state index contributed by atoms with van der Waals surface area (Å²) in [6, 6.07) is 15.7. The van der Waals surface area contributed by atoms with Gasteiger partial charge in [0.1, 0.15) is 5.75 Å². The first kappa shape index (κ1) is 21.1. The third-order valence-electron chi connectivity index (χ3n) is 4.21. The summed E-state index contributed by atoms with van der Waals surface area (Å²) in [6.45, 7) is 7.72. The van der Waals surface area contributed by atoms with Gasteiger partial charge in [-0.2, -0.15) is 0 Å². The number of carbonyl (C=O) groups is 1. The topological polar surface area (TPSA) is 42.4 Å². The molecule has 1 heterocycles. The van der Waals surface area contributed by atoms with Crippen LogP contribution in [0.25, 0.3) is 11.3 Å². The number of aromatic nitrogens is 1. The molecule has 0 unspecified atom stereocenters. The second-order valence-electron chi connectivity index (χ2n) is 6.51. The largest absolute Gasteiger partial charge is 0.497 e. The Morgan fingerprint density at radius 3 is 2.45 bits per heavy atom. The molecule has 3 aromatic rings. The van der Waals surface area contributed by atoms with Crippen molar-refractivity contribution >= 4 is 39.8 Å². The molecule has 4 nitrogen and oxygen atoms in total. The van der Waals surface area contributed by atoms with Crippen molar-refractivity contribution in [2.24, 2.45) is 0 Å². The predicted octanol–water partition coefficient (Wildman–Crippen LogP) is 6.56. The molecule has 0 aliphatic heterocycles. The van der Waals surface area contributed by atoms with E-state index in [0.717, 1.165) is 34.9 Å². The number of amides is 1. The highest BCUT2D eigenvalue weighted by Crippen LogP contribution is 2.34. The molecule has 0 N–H and O–H groups in total. The summed E-state index contributed by atoms with van der Waals surface area (Å²) in [5.41, 5.74) is 3.05. The average molecular weight is 425 g/mol. The van der Waals surface area contributed by atoms with Crippen molar-refractivity contribution < 1.29 is 9.53 Å². The lowest BCUT2D eigenvalue weighted by Crippen LogP contribution is -2.26. The van der Waals surface area contributed by atoms with E-state index < -0.39 is 0 Å². The fourth-order valence-corrected chi connectivity index (χ4v) is 4.30. The first-order valence-corrected chi connectivity index (χ1v) is 11.2. The molecule has 0 saturated carbocycles. The molecule has 0 spiro atoms. The third kappa shape index (κ3) is 5.08. The van der Waals surface area contributed by atoms with E-state index in [1.807, 2.05) is 65.7 Å². The van der Waals surface area contributed by atoms with Gasteiger partial charge in [0.05, 0.1) is 18.5 Å². The SMILES string of the molecule is C=C(C)C(=O)N(c1ccc(SCCC)cc1)c1nc(-c2ccc(OC)cc2)cs1. The quantitative estimate of drug-likeness (QED) is 0.303. The fourth-order valence-electron chi connectivity index (χ4n) is 2.68. The lowest BCUT2D eigenvalue weighted by molar-refractivity contribution is -0.114. The molecule has 0 radical (unpaired) electrons. The van der Waals surface area contributed by atoms with Gasteiger partial charge in [-0.25, -0.2) is 4.98 Å². The Morgan fingerprint density at radius 1 is 1.17 bits per heavy atom. The summed E-state index contributed by atoms with van der Waals surface area (Å²) >= 11 is 3.25. The third-order valence-corrected chi connectivity index (χ3v) is 6.25. The minimum absolute atomic E-state index is 0.158. The molecule has 29 heavy (non-hydrogen) atoms. The van der Waals surface area contributed by atoms with Crippen molar-refractivity contribution in [1.29, 1.82) is 0 Å². The van der Waals surface area contributed by atoms with Crippen LogP contribution in [0, 0.1) is 0 Å². The van der Waals surface area contributed by atoms with Crippen LogP contribution in [0.4, 0.5) is 10.8 Å². The first-order valence-electron chi connectivity index (χ1n) is 9.36. The number of thiazole rings is 1. The zero-order valence-corrected chi connectivity index (χ0v) is 18.5. The maximum atomic E-state index is 12.9. The minimum atomic E-state index is -0.158. The predicted molar refractivity (Wildman–Crippen MR) is 124 cm³/mol. The summed E-state index contributed by atoms with van der Waals surface area (Å²) in [6.07, 6.45) is 1.12. The van der Waals surface area contributed by atoms with Crippen molar-refractivity contribution in [1.82, 2.24) is 4.98 Å². The Kier molecular flexibility index (Phi) is 7.12. The highest BCUT2D eigenvalue weighted by molar-refractivity contribution is 7.99. The fraction of sp³-hybridized carbons (Fsp3) is 0.217. The number of hydrogen-bond acceptors (Lipinski definition) is 5.